The number of methoxy groups -OCH3 is 1. The molecule has 0 fully saturated rings. The number of nitro benzene ring substituents is 1. The molecule has 2 aromatic carbocycles. The number of rotatable bonds is 7. The van der Waals surface area contributed by atoms with Crippen molar-refractivity contribution in [1.29, 1.82) is 0 Å². The molecule has 2 amide bonds. The first-order valence-electron chi connectivity index (χ1n) is 7.27. The SMILES string of the molecule is COc1cc([N+](=O)[O-])ccc1NC(=O)CNc1ccc(C(N)=O)c(Cl)c1. The van der Waals surface area contributed by atoms with Crippen LogP contribution in [0.4, 0.5) is 17.1 Å². The number of carbonyl (C=O) groups is 2. The van der Waals surface area contributed by atoms with E-state index in [1.807, 2.05) is 0 Å². The summed E-state index contributed by atoms with van der Waals surface area (Å²) in [5, 5.41) is 16.4. The Kier molecular flexibility index (Phi) is 5.97. The molecule has 0 saturated carbocycles. The van der Waals surface area contributed by atoms with Crippen molar-refractivity contribution in [3.63, 3.8) is 0 Å². The Bertz CT molecular complexity index is 872. The average molecular weight is 379 g/mol. The molecular weight excluding hydrogens is 364 g/mol. The van der Waals surface area contributed by atoms with Gasteiger partial charge in [-0.05, 0) is 24.3 Å². The van der Waals surface area contributed by atoms with Gasteiger partial charge in [0, 0.05) is 11.8 Å². The van der Waals surface area contributed by atoms with Gasteiger partial charge >= 0.3 is 0 Å². The summed E-state index contributed by atoms with van der Waals surface area (Å²) in [6, 6.07) is 8.34. The number of hydrogen-bond donors (Lipinski definition) is 3. The number of ether oxygens (including phenoxy) is 1. The molecule has 4 N–H and O–H groups in total. The Labute approximate surface area is 153 Å². The average Bonchev–Trinajstić information content (AvgIpc) is 2.59. The third-order valence-corrected chi connectivity index (χ3v) is 3.67. The van der Waals surface area contributed by atoms with Gasteiger partial charge in [0.25, 0.3) is 5.69 Å². The van der Waals surface area contributed by atoms with Gasteiger partial charge in [-0.15, -0.1) is 0 Å². The fourth-order valence-electron chi connectivity index (χ4n) is 2.10. The minimum absolute atomic E-state index is 0.105. The predicted molar refractivity (Wildman–Crippen MR) is 96.7 cm³/mol. The molecule has 10 heteroatoms. The van der Waals surface area contributed by atoms with Gasteiger partial charge in [-0.2, -0.15) is 0 Å². The number of amides is 2. The Morgan fingerprint density at radius 1 is 1.27 bits per heavy atom. The van der Waals surface area contributed by atoms with Crippen LogP contribution in [0.1, 0.15) is 10.4 Å². The molecule has 0 atom stereocenters. The first-order chi connectivity index (χ1) is 12.3. The number of benzene rings is 2. The van der Waals surface area contributed by atoms with E-state index in [4.69, 9.17) is 22.1 Å². The Hall–Kier alpha value is -3.33. The molecule has 9 nitrogen and oxygen atoms in total. The van der Waals surface area contributed by atoms with Gasteiger partial charge in [-0.25, -0.2) is 0 Å². The first kappa shape index (κ1) is 19.0. The molecule has 0 unspecified atom stereocenters. The van der Waals surface area contributed by atoms with E-state index in [0.717, 1.165) is 0 Å². The maximum Gasteiger partial charge on any atom is 0.273 e. The lowest BCUT2D eigenvalue weighted by atomic mass is 10.2. The number of nitrogens with two attached hydrogens (primary N) is 1. The van der Waals surface area contributed by atoms with Crippen LogP contribution in [0.3, 0.4) is 0 Å². The summed E-state index contributed by atoms with van der Waals surface area (Å²) < 4.78 is 5.05. The summed E-state index contributed by atoms with van der Waals surface area (Å²) >= 11 is 5.94. The van der Waals surface area contributed by atoms with E-state index in [1.165, 1.54) is 37.4 Å². The maximum atomic E-state index is 12.1. The molecule has 0 aromatic heterocycles. The second kappa shape index (κ2) is 8.17. The van der Waals surface area contributed by atoms with Crippen molar-refractivity contribution in [2.45, 2.75) is 0 Å². The van der Waals surface area contributed by atoms with Crippen molar-refractivity contribution >= 4 is 40.5 Å². The van der Waals surface area contributed by atoms with E-state index in [9.17, 15) is 19.7 Å². The highest BCUT2D eigenvalue weighted by atomic mass is 35.5. The van der Waals surface area contributed by atoms with Crippen molar-refractivity contribution < 1.29 is 19.2 Å². The Balaban J connectivity index is 2.02. The third-order valence-electron chi connectivity index (χ3n) is 3.36. The molecule has 0 radical (unpaired) electrons. The van der Waals surface area contributed by atoms with E-state index in [0.29, 0.717) is 11.4 Å². The quantitative estimate of drug-likeness (QED) is 0.499. The van der Waals surface area contributed by atoms with Gasteiger partial charge < -0.3 is 21.1 Å². The van der Waals surface area contributed by atoms with Crippen LogP contribution in [-0.2, 0) is 4.79 Å². The molecule has 0 aliphatic heterocycles. The van der Waals surface area contributed by atoms with E-state index in [-0.39, 0.29) is 28.6 Å². The molecule has 0 aliphatic carbocycles. The summed E-state index contributed by atoms with van der Waals surface area (Å²) in [4.78, 5) is 33.4. The monoisotopic (exact) mass is 378 g/mol. The normalized spacial score (nSPS) is 10.1. The van der Waals surface area contributed by atoms with Crippen LogP contribution >= 0.6 is 11.6 Å². The van der Waals surface area contributed by atoms with E-state index in [1.54, 1.807) is 6.07 Å². The van der Waals surface area contributed by atoms with Crippen molar-refractivity contribution in [2.75, 3.05) is 24.3 Å². The lowest BCUT2D eigenvalue weighted by Crippen LogP contribution is -2.22. The molecule has 0 saturated heterocycles. The van der Waals surface area contributed by atoms with Crippen LogP contribution in [-0.4, -0.2) is 30.4 Å². The molecule has 26 heavy (non-hydrogen) atoms. The number of carbonyl (C=O) groups excluding carboxylic acids is 2. The predicted octanol–water partition coefficient (Wildman–Crippen LogP) is 2.41. The van der Waals surface area contributed by atoms with Crippen LogP contribution in [0.15, 0.2) is 36.4 Å². The Morgan fingerprint density at radius 2 is 2.00 bits per heavy atom. The summed E-state index contributed by atoms with van der Waals surface area (Å²) in [7, 11) is 1.34. The maximum absolute atomic E-state index is 12.1. The third kappa shape index (κ3) is 4.61. The van der Waals surface area contributed by atoms with Gasteiger partial charge in [0.15, 0.2) is 0 Å². The minimum Gasteiger partial charge on any atom is -0.494 e. The van der Waals surface area contributed by atoms with Crippen molar-refractivity contribution in [3.05, 3.63) is 57.1 Å². The fourth-order valence-corrected chi connectivity index (χ4v) is 2.37. The smallest absolute Gasteiger partial charge is 0.273 e. The number of nitrogens with zero attached hydrogens (tertiary/aromatic N) is 1. The number of halogens is 1. The molecule has 136 valence electrons. The lowest BCUT2D eigenvalue weighted by molar-refractivity contribution is -0.384. The van der Waals surface area contributed by atoms with Crippen molar-refractivity contribution in [3.8, 4) is 5.75 Å². The minimum atomic E-state index is -0.649. The van der Waals surface area contributed by atoms with Crippen LogP contribution in [0, 0.1) is 10.1 Å². The molecule has 0 heterocycles. The summed E-state index contributed by atoms with van der Waals surface area (Å²) in [6.07, 6.45) is 0. The van der Waals surface area contributed by atoms with Gasteiger partial charge in [0.05, 0.1) is 40.9 Å². The second-order valence-electron chi connectivity index (χ2n) is 5.10. The van der Waals surface area contributed by atoms with Gasteiger partial charge in [0.2, 0.25) is 11.8 Å². The van der Waals surface area contributed by atoms with Crippen molar-refractivity contribution in [2.24, 2.45) is 5.73 Å². The first-order valence-corrected chi connectivity index (χ1v) is 7.65. The van der Waals surface area contributed by atoms with Gasteiger partial charge in [0.1, 0.15) is 5.75 Å². The highest BCUT2D eigenvalue weighted by Crippen LogP contribution is 2.29. The number of nitro groups is 1. The number of hydrogen-bond acceptors (Lipinski definition) is 6. The van der Waals surface area contributed by atoms with E-state index >= 15 is 0 Å². The summed E-state index contributed by atoms with van der Waals surface area (Å²) in [5.41, 5.74) is 6.01. The number of anilines is 2. The second-order valence-corrected chi connectivity index (χ2v) is 5.51. The molecular formula is C16H15ClN4O5. The number of non-ortho nitro benzene ring substituents is 1. The number of nitrogens with one attached hydrogen (secondary N) is 2. The highest BCUT2D eigenvalue weighted by molar-refractivity contribution is 6.34. The lowest BCUT2D eigenvalue weighted by Gasteiger charge is -2.11. The molecule has 0 spiro atoms. The molecule has 2 rings (SSSR count). The largest absolute Gasteiger partial charge is 0.494 e. The molecule has 0 bridgehead atoms. The zero-order valence-corrected chi connectivity index (χ0v) is 14.4. The zero-order valence-electron chi connectivity index (χ0n) is 13.6. The van der Waals surface area contributed by atoms with Crippen LogP contribution in [0.5, 0.6) is 5.75 Å². The van der Waals surface area contributed by atoms with Crippen LogP contribution < -0.4 is 21.1 Å². The van der Waals surface area contributed by atoms with Crippen LogP contribution in [0.2, 0.25) is 5.02 Å². The van der Waals surface area contributed by atoms with Crippen molar-refractivity contribution in [1.82, 2.24) is 0 Å². The highest BCUT2D eigenvalue weighted by Gasteiger charge is 2.13. The van der Waals surface area contributed by atoms with Gasteiger partial charge in [-0.3, -0.25) is 19.7 Å². The van der Waals surface area contributed by atoms with Gasteiger partial charge in [-0.1, -0.05) is 11.6 Å². The Morgan fingerprint density at radius 3 is 2.58 bits per heavy atom. The van der Waals surface area contributed by atoms with E-state index < -0.39 is 16.7 Å². The van der Waals surface area contributed by atoms with Crippen LogP contribution in [0.25, 0.3) is 0 Å². The molecule has 2 aromatic rings. The fraction of sp³-hybridized carbons (Fsp3) is 0.125. The zero-order chi connectivity index (χ0) is 19.3. The van der Waals surface area contributed by atoms with E-state index in [2.05, 4.69) is 10.6 Å². The number of primary amides is 1. The summed E-state index contributed by atoms with van der Waals surface area (Å²) in [6.45, 7) is -0.105. The summed E-state index contributed by atoms with van der Waals surface area (Å²) in [5.74, 6) is -0.891. The molecule has 0 aliphatic rings. The standard InChI is InChI=1S/C16H15ClN4O5/c1-26-14-7-10(21(24)25)3-5-13(14)20-15(22)8-19-9-2-4-11(16(18)23)12(17)6-9/h2-7,19H,8H2,1H3,(H2,18,23)(H,20,22). The topological polar surface area (TPSA) is 137 Å².